The molecule has 0 amide bonds. The number of alkyl halides is 3. The van der Waals surface area contributed by atoms with Gasteiger partial charge in [0.2, 0.25) is 0 Å². The highest BCUT2D eigenvalue weighted by Gasteiger charge is 2.28. The summed E-state index contributed by atoms with van der Waals surface area (Å²) in [5.41, 5.74) is 1.78. The summed E-state index contributed by atoms with van der Waals surface area (Å²) in [6, 6.07) is 9.03. The van der Waals surface area contributed by atoms with E-state index in [2.05, 4.69) is 5.16 Å². The Morgan fingerprint density at radius 3 is 2.44 bits per heavy atom. The van der Waals surface area contributed by atoms with E-state index in [1.807, 2.05) is 6.07 Å². The normalized spacial score (nSPS) is 11.8. The average Bonchev–Trinajstić information content (AvgIpc) is 2.68. The second-order valence-electron chi connectivity index (χ2n) is 4.06. The van der Waals surface area contributed by atoms with Crippen molar-refractivity contribution in [3.05, 3.63) is 41.6 Å². The average molecular weight is 255 g/mol. The monoisotopic (exact) mass is 255 g/mol. The fourth-order valence-corrected chi connectivity index (χ4v) is 1.77. The van der Waals surface area contributed by atoms with Gasteiger partial charge in [0.25, 0.3) is 0 Å². The maximum atomic E-state index is 12.3. The van der Waals surface area contributed by atoms with Crippen molar-refractivity contribution in [2.75, 3.05) is 0 Å². The van der Waals surface area contributed by atoms with Crippen molar-refractivity contribution in [2.45, 2.75) is 25.9 Å². The molecule has 0 N–H and O–H groups in total. The van der Waals surface area contributed by atoms with Crippen LogP contribution in [-0.4, -0.2) is 11.3 Å². The molecule has 0 spiro atoms. The Kier molecular flexibility index (Phi) is 3.41. The summed E-state index contributed by atoms with van der Waals surface area (Å²) in [6.45, 7) is 1.65. The Labute approximate surface area is 102 Å². The van der Waals surface area contributed by atoms with Gasteiger partial charge in [-0.2, -0.15) is 13.2 Å². The minimum Gasteiger partial charge on any atom is -0.356 e. The smallest absolute Gasteiger partial charge is 0.356 e. The van der Waals surface area contributed by atoms with Crippen LogP contribution in [0.15, 0.2) is 34.9 Å². The first-order valence-corrected chi connectivity index (χ1v) is 5.55. The molecule has 0 bridgehead atoms. The van der Waals surface area contributed by atoms with Crippen LogP contribution in [0.4, 0.5) is 13.2 Å². The molecule has 2 nitrogen and oxygen atoms in total. The molecule has 0 saturated carbocycles. The molecule has 0 unspecified atom stereocenters. The van der Waals surface area contributed by atoms with Crippen molar-refractivity contribution >= 4 is 0 Å². The van der Waals surface area contributed by atoms with Crippen molar-refractivity contribution in [3.63, 3.8) is 0 Å². The van der Waals surface area contributed by atoms with Crippen LogP contribution in [0.2, 0.25) is 0 Å². The van der Waals surface area contributed by atoms with Gasteiger partial charge >= 0.3 is 6.18 Å². The molecule has 1 aromatic carbocycles. The highest BCUT2D eigenvalue weighted by Crippen LogP contribution is 2.30. The molecular weight excluding hydrogens is 243 g/mol. The first-order chi connectivity index (χ1) is 8.47. The van der Waals surface area contributed by atoms with Crippen LogP contribution in [0.1, 0.15) is 17.7 Å². The summed E-state index contributed by atoms with van der Waals surface area (Å²) in [5, 5.41) is 3.75. The van der Waals surface area contributed by atoms with Crippen LogP contribution in [-0.2, 0) is 6.42 Å². The zero-order valence-electron chi connectivity index (χ0n) is 9.79. The molecule has 0 aliphatic rings. The molecular formula is C13H12F3NO. The van der Waals surface area contributed by atoms with Crippen molar-refractivity contribution < 1.29 is 17.7 Å². The van der Waals surface area contributed by atoms with Crippen LogP contribution in [0.25, 0.3) is 11.3 Å². The third kappa shape index (κ3) is 2.91. The first kappa shape index (κ1) is 12.7. The molecule has 0 saturated heterocycles. The van der Waals surface area contributed by atoms with Gasteiger partial charge < -0.3 is 4.52 Å². The lowest BCUT2D eigenvalue weighted by molar-refractivity contribution is -0.133. The molecule has 1 heterocycles. The number of nitrogens with zero attached hydrogens (tertiary/aromatic N) is 1. The SMILES string of the molecule is Cc1noc(-c2ccccc2)c1CCC(F)(F)F. The Morgan fingerprint density at radius 2 is 1.83 bits per heavy atom. The van der Waals surface area contributed by atoms with Gasteiger partial charge in [0, 0.05) is 17.5 Å². The zero-order valence-corrected chi connectivity index (χ0v) is 9.79. The molecule has 0 atom stereocenters. The number of benzene rings is 1. The van der Waals surface area contributed by atoms with Crippen molar-refractivity contribution in [2.24, 2.45) is 0 Å². The van der Waals surface area contributed by atoms with Crippen LogP contribution in [0, 0.1) is 6.92 Å². The Morgan fingerprint density at radius 1 is 1.17 bits per heavy atom. The van der Waals surface area contributed by atoms with Crippen molar-refractivity contribution in [3.8, 4) is 11.3 Å². The molecule has 0 aliphatic carbocycles. The van der Waals surface area contributed by atoms with Gasteiger partial charge in [-0.1, -0.05) is 35.5 Å². The molecule has 0 radical (unpaired) electrons. The predicted octanol–water partition coefficient (Wildman–Crippen LogP) is 4.14. The molecule has 2 aromatic rings. The van der Waals surface area contributed by atoms with Crippen LogP contribution in [0.5, 0.6) is 0 Å². The van der Waals surface area contributed by atoms with E-state index >= 15 is 0 Å². The van der Waals surface area contributed by atoms with E-state index in [1.165, 1.54) is 0 Å². The summed E-state index contributed by atoms with van der Waals surface area (Å²) >= 11 is 0. The summed E-state index contributed by atoms with van der Waals surface area (Å²) < 4.78 is 41.9. The van der Waals surface area contributed by atoms with Crippen molar-refractivity contribution in [1.82, 2.24) is 5.16 Å². The summed E-state index contributed by atoms with van der Waals surface area (Å²) in [5.74, 6) is 0.428. The molecule has 1 aromatic heterocycles. The fourth-order valence-electron chi connectivity index (χ4n) is 1.77. The lowest BCUT2D eigenvalue weighted by Crippen LogP contribution is -2.09. The third-order valence-electron chi connectivity index (χ3n) is 2.68. The second-order valence-corrected chi connectivity index (χ2v) is 4.06. The number of aromatic nitrogens is 1. The number of aryl methyl sites for hydroxylation is 1. The number of rotatable bonds is 3. The number of hydrogen-bond acceptors (Lipinski definition) is 2. The van der Waals surface area contributed by atoms with Gasteiger partial charge in [-0.3, -0.25) is 0 Å². The third-order valence-corrected chi connectivity index (χ3v) is 2.68. The van der Waals surface area contributed by atoms with E-state index < -0.39 is 12.6 Å². The highest BCUT2D eigenvalue weighted by atomic mass is 19.4. The Bertz CT molecular complexity index is 517. The molecule has 0 fully saturated rings. The molecule has 0 aliphatic heterocycles. The summed E-state index contributed by atoms with van der Waals surface area (Å²) in [6.07, 6.45) is -5.14. The van der Waals surface area contributed by atoms with E-state index in [0.717, 1.165) is 5.56 Å². The van der Waals surface area contributed by atoms with Crippen molar-refractivity contribution in [1.29, 1.82) is 0 Å². The first-order valence-electron chi connectivity index (χ1n) is 5.55. The maximum Gasteiger partial charge on any atom is 0.389 e. The maximum absolute atomic E-state index is 12.3. The Balaban J connectivity index is 2.28. The number of hydrogen-bond donors (Lipinski definition) is 0. The number of halogens is 3. The van der Waals surface area contributed by atoms with Crippen LogP contribution < -0.4 is 0 Å². The van der Waals surface area contributed by atoms with Gasteiger partial charge in [0.15, 0.2) is 5.76 Å². The molecule has 2 rings (SSSR count). The van der Waals surface area contributed by atoms with Crippen LogP contribution >= 0.6 is 0 Å². The van der Waals surface area contributed by atoms with Gasteiger partial charge in [-0.05, 0) is 13.3 Å². The van der Waals surface area contributed by atoms with Gasteiger partial charge in [0.05, 0.1) is 5.69 Å². The fraction of sp³-hybridized carbons (Fsp3) is 0.308. The lowest BCUT2D eigenvalue weighted by Gasteiger charge is -2.06. The van der Waals surface area contributed by atoms with E-state index in [1.54, 1.807) is 31.2 Å². The quantitative estimate of drug-likeness (QED) is 0.823. The molecule has 96 valence electrons. The van der Waals surface area contributed by atoms with E-state index in [9.17, 15) is 13.2 Å². The van der Waals surface area contributed by atoms with E-state index in [0.29, 0.717) is 17.0 Å². The minimum atomic E-state index is -4.17. The van der Waals surface area contributed by atoms with E-state index in [-0.39, 0.29) is 6.42 Å². The van der Waals surface area contributed by atoms with E-state index in [4.69, 9.17) is 4.52 Å². The second kappa shape index (κ2) is 4.84. The van der Waals surface area contributed by atoms with Gasteiger partial charge in [-0.25, -0.2) is 0 Å². The van der Waals surface area contributed by atoms with Gasteiger partial charge in [-0.15, -0.1) is 0 Å². The topological polar surface area (TPSA) is 26.0 Å². The largest absolute Gasteiger partial charge is 0.389 e. The summed E-state index contributed by atoms with van der Waals surface area (Å²) in [4.78, 5) is 0. The highest BCUT2D eigenvalue weighted by molar-refractivity contribution is 5.61. The Hall–Kier alpha value is -1.78. The minimum absolute atomic E-state index is 0.108. The summed E-state index contributed by atoms with van der Waals surface area (Å²) in [7, 11) is 0. The molecule has 5 heteroatoms. The molecule has 18 heavy (non-hydrogen) atoms. The van der Waals surface area contributed by atoms with Gasteiger partial charge in [0.1, 0.15) is 0 Å². The van der Waals surface area contributed by atoms with Crippen LogP contribution in [0.3, 0.4) is 0 Å². The standard InChI is InChI=1S/C13H12F3NO/c1-9-11(7-8-13(14,15)16)12(18-17-9)10-5-3-2-4-6-10/h2-6H,7-8H2,1H3. The zero-order chi connectivity index (χ0) is 13.2. The lowest BCUT2D eigenvalue weighted by atomic mass is 10.0. The predicted molar refractivity (Wildman–Crippen MR) is 61.1 cm³/mol.